The summed E-state index contributed by atoms with van der Waals surface area (Å²) < 4.78 is 0. The fourth-order valence-corrected chi connectivity index (χ4v) is 1.68. The van der Waals surface area contributed by atoms with Gasteiger partial charge in [-0.25, -0.2) is 9.78 Å². The molecule has 3 N–H and O–H groups in total. The van der Waals surface area contributed by atoms with Crippen LogP contribution in [0.25, 0.3) is 0 Å². The summed E-state index contributed by atoms with van der Waals surface area (Å²) in [6, 6.07) is 2.93. The number of aromatic nitrogens is 1. The van der Waals surface area contributed by atoms with Crippen molar-refractivity contribution in [2.24, 2.45) is 5.92 Å². The lowest BCUT2D eigenvalue weighted by Gasteiger charge is -2.21. The molecule has 0 radical (unpaired) electrons. The van der Waals surface area contributed by atoms with Gasteiger partial charge in [0.05, 0.1) is 5.69 Å². The Labute approximate surface area is 112 Å². The average molecular weight is 272 g/mol. The van der Waals surface area contributed by atoms with Crippen molar-refractivity contribution in [3.63, 3.8) is 0 Å². The lowest BCUT2D eigenvalue weighted by molar-refractivity contribution is 0.227. The third kappa shape index (κ3) is 4.50. The molecule has 6 heteroatoms. The molecule has 0 saturated carbocycles. The highest BCUT2D eigenvalue weighted by molar-refractivity contribution is 6.32. The quantitative estimate of drug-likeness (QED) is 0.719. The van der Waals surface area contributed by atoms with E-state index in [9.17, 15) is 4.79 Å². The summed E-state index contributed by atoms with van der Waals surface area (Å²) in [4.78, 5) is 15.6. The topological polar surface area (TPSA) is 74.2 Å². The fourth-order valence-electron chi connectivity index (χ4n) is 1.52. The average Bonchev–Trinajstić information content (AvgIpc) is 2.31. The first-order chi connectivity index (χ1) is 8.54. The number of hydrogen-bond donors (Lipinski definition) is 3. The minimum atomic E-state index is -0.350. The second-order valence-electron chi connectivity index (χ2n) is 4.30. The number of nitrogens with zero attached hydrogens (tertiary/aromatic N) is 1. The minimum Gasteiger partial charge on any atom is -0.396 e. The van der Waals surface area contributed by atoms with E-state index in [1.54, 1.807) is 18.3 Å². The monoisotopic (exact) mass is 271 g/mol. The van der Waals surface area contributed by atoms with Gasteiger partial charge in [0.15, 0.2) is 5.15 Å². The molecule has 1 heterocycles. The van der Waals surface area contributed by atoms with Crippen LogP contribution in [0.3, 0.4) is 0 Å². The molecule has 18 heavy (non-hydrogen) atoms. The number of carbonyl (C=O) groups excluding carboxylic acids is 1. The second kappa shape index (κ2) is 7.18. The zero-order valence-electron chi connectivity index (χ0n) is 10.5. The van der Waals surface area contributed by atoms with Gasteiger partial charge in [-0.2, -0.15) is 0 Å². The van der Waals surface area contributed by atoms with Crippen molar-refractivity contribution in [2.45, 2.75) is 26.3 Å². The predicted octanol–water partition coefficient (Wildman–Crippen LogP) is 2.26. The molecular formula is C12H18ClN3O2. The minimum absolute atomic E-state index is 0.0385. The number of aliphatic hydroxyl groups excluding tert-OH is 1. The first-order valence-corrected chi connectivity index (χ1v) is 6.21. The van der Waals surface area contributed by atoms with Crippen LogP contribution >= 0.6 is 11.6 Å². The van der Waals surface area contributed by atoms with Gasteiger partial charge >= 0.3 is 6.03 Å². The summed E-state index contributed by atoms with van der Waals surface area (Å²) in [5, 5.41) is 14.6. The molecule has 1 unspecified atom stereocenters. The fraction of sp³-hybridized carbons (Fsp3) is 0.500. The van der Waals surface area contributed by atoms with Crippen molar-refractivity contribution < 1.29 is 9.90 Å². The molecule has 0 aromatic carbocycles. The van der Waals surface area contributed by atoms with E-state index < -0.39 is 0 Å². The van der Waals surface area contributed by atoms with E-state index in [0.29, 0.717) is 12.1 Å². The van der Waals surface area contributed by atoms with Gasteiger partial charge in [-0.3, -0.25) is 0 Å². The Morgan fingerprint density at radius 2 is 2.28 bits per heavy atom. The summed E-state index contributed by atoms with van der Waals surface area (Å²) in [5.74, 6) is 0.243. The van der Waals surface area contributed by atoms with Gasteiger partial charge in [-0.15, -0.1) is 0 Å². The van der Waals surface area contributed by atoms with Crippen LogP contribution in [-0.2, 0) is 0 Å². The number of hydrogen-bond acceptors (Lipinski definition) is 3. The zero-order valence-corrected chi connectivity index (χ0v) is 11.2. The Kier molecular flexibility index (Phi) is 5.88. The van der Waals surface area contributed by atoms with Gasteiger partial charge in [0.25, 0.3) is 0 Å². The molecule has 0 saturated heterocycles. The largest absolute Gasteiger partial charge is 0.396 e. The molecule has 1 rings (SSSR count). The smallest absolute Gasteiger partial charge is 0.319 e. The molecule has 0 aliphatic carbocycles. The van der Waals surface area contributed by atoms with E-state index in [2.05, 4.69) is 15.6 Å². The van der Waals surface area contributed by atoms with Crippen molar-refractivity contribution in [2.75, 3.05) is 11.9 Å². The molecule has 0 aliphatic rings. The SMILES string of the molecule is CC(C)C(CCO)NC(=O)Nc1cccnc1Cl. The summed E-state index contributed by atoms with van der Waals surface area (Å²) in [7, 11) is 0. The van der Waals surface area contributed by atoms with Crippen LogP contribution in [0.4, 0.5) is 10.5 Å². The maximum absolute atomic E-state index is 11.8. The van der Waals surface area contributed by atoms with Gasteiger partial charge < -0.3 is 15.7 Å². The number of aliphatic hydroxyl groups is 1. The molecular weight excluding hydrogens is 254 g/mol. The number of amides is 2. The van der Waals surface area contributed by atoms with Gasteiger partial charge in [-0.05, 0) is 24.5 Å². The Bertz CT molecular complexity index is 399. The first-order valence-electron chi connectivity index (χ1n) is 5.83. The number of anilines is 1. The van der Waals surface area contributed by atoms with Crippen LogP contribution in [0.15, 0.2) is 18.3 Å². The van der Waals surface area contributed by atoms with Crippen LogP contribution in [-0.4, -0.2) is 28.8 Å². The van der Waals surface area contributed by atoms with Crippen LogP contribution in [0.2, 0.25) is 5.15 Å². The number of halogens is 1. The Morgan fingerprint density at radius 3 is 2.83 bits per heavy atom. The van der Waals surface area contributed by atoms with E-state index in [-0.39, 0.29) is 29.8 Å². The molecule has 1 atom stereocenters. The summed E-state index contributed by atoms with van der Waals surface area (Å²) in [5.41, 5.74) is 0.461. The highest BCUT2D eigenvalue weighted by Gasteiger charge is 2.16. The van der Waals surface area contributed by atoms with E-state index in [1.807, 2.05) is 13.8 Å². The second-order valence-corrected chi connectivity index (χ2v) is 4.66. The molecule has 2 amide bonds. The van der Waals surface area contributed by atoms with Crippen LogP contribution in [0.1, 0.15) is 20.3 Å². The van der Waals surface area contributed by atoms with E-state index in [0.717, 1.165) is 0 Å². The van der Waals surface area contributed by atoms with E-state index in [1.165, 1.54) is 0 Å². The normalized spacial score (nSPS) is 12.3. The van der Waals surface area contributed by atoms with Gasteiger partial charge in [-0.1, -0.05) is 25.4 Å². The molecule has 100 valence electrons. The van der Waals surface area contributed by atoms with Crippen molar-refractivity contribution in [1.29, 1.82) is 0 Å². The lowest BCUT2D eigenvalue weighted by atomic mass is 10.0. The van der Waals surface area contributed by atoms with E-state index in [4.69, 9.17) is 16.7 Å². The van der Waals surface area contributed by atoms with Gasteiger partial charge in [0.1, 0.15) is 0 Å². The maximum atomic E-state index is 11.8. The van der Waals surface area contributed by atoms with Crippen molar-refractivity contribution in [1.82, 2.24) is 10.3 Å². The van der Waals surface area contributed by atoms with Gasteiger partial charge in [0, 0.05) is 18.8 Å². The molecule has 1 aromatic rings. The number of carbonyl (C=O) groups is 1. The number of urea groups is 1. The molecule has 0 spiro atoms. The molecule has 5 nitrogen and oxygen atoms in total. The summed E-state index contributed by atoms with van der Waals surface area (Å²) in [6.07, 6.45) is 2.07. The highest BCUT2D eigenvalue weighted by atomic mass is 35.5. The lowest BCUT2D eigenvalue weighted by Crippen LogP contribution is -2.41. The van der Waals surface area contributed by atoms with E-state index >= 15 is 0 Å². The third-order valence-electron chi connectivity index (χ3n) is 2.57. The Morgan fingerprint density at radius 1 is 1.56 bits per heavy atom. The zero-order chi connectivity index (χ0) is 13.5. The maximum Gasteiger partial charge on any atom is 0.319 e. The number of pyridine rings is 1. The summed E-state index contributed by atoms with van der Waals surface area (Å²) in [6.45, 7) is 4.01. The highest BCUT2D eigenvalue weighted by Crippen LogP contribution is 2.17. The standard InChI is InChI=1S/C12H18ClN3O2/c1-8(2)9(5-7-17)15-12(18)16-10-4-3-6-14-11(10)13/h3-4,6,8-9,17H,5,7H2,1-2H3,(H2,15,16,18). The van der Waals surface area contributed by atoms with Crippen molar-refractivity contribution in [3.05, 3.63) is 23.5 Å². The first kappa shape index (κ1) is 14.7. The third-order valence-corrected chi connectivity index (χ3v) is 2.87. The number of rotatable bonds is 5. The van der Waals surface area contributed by atoms with Crippen LogP contribution in [0, 0.1) is 5.92 Å². The van der Waals surface area contributed by atoms with Crippen molar-refractivity contribution >= 4 is 23.3 Å². The predicted molar refractivity (Wildman–Crippen MR) is 71.7 cm³/mol. The molecule has 0 aliphatic heterocycles. The molecule has 1 aromatic heterocycles. The van der Waals surface area contributed by atoms with Crippen molar-refractivity contribution in [3.8, 4) is 0 Å². The Hall–Kier alpha value is -1.33. The Balaban J connectivity index is 2.58. The van der Waals surface area contributed by atoms with Gasteiger partial charge in [0.2, 0.25) is 0 Å². The van der Waals surface area contributed by atoms with Crippen LogP contribution in [0.5, 0.6) is 0 Å². The van der Waals surface area contributed by atoms with Crippen LogP contribution < -0.4 is 10.6 Å². The number of nitrogens with one attached hydrogen (secondary N) is 2. The summed E-state index contributed by atoms with van der Waals surface area (Å²) >= 11 is 5.83. The molecule has 0 fully saturated rings. The molecule has 0 bridgehead atoms.